The van der Waals surface area contributed by atoms with E-state index in [0.29, 0.717) is 17.4 Å². The highest BCUT2D eigenvalue weighted by molar-refractivity contribution is 5.90. The molecule has 2 heterocycles. The molecule has 0 radical (unpaired) electrons. The number of nitrogens with one attached hydrogen (secondary N) is 1. The van der Waals surface area contributed by atoms with Crippen LogP contribution in [0.1, 0.15) is 5.56 Å². The molecular formula is C13H13N3O3. The van der Waals surface area contributed by atoms with Crippen LogP contribution in [0.3, 0.4) is 0 Å². The molecule has 0 fully saturated rings. The van der Waals surface area contributed by atoms with Crippen molar-refractivity contribution in [1.82, 2.24) is 9.55 Å². The maximum Gasteiger partial charge on any atom is 0.231 e. The summed E-state index contributed by atoms with van der Waals surface area (Å²) in [7, 11) is 1.82. The summed E-state index contributed by atoms with van der Waals surface area (Å²) >= 11 is 0. The molecule has 0 atom stereocenters. The number of nitrogens with zero attached hydrogens (tertiary/aromatic N) is 2. The first kappa shape index (κ1) is 11.6. The van der Waals surface area contributed by atoms with Crippen molar-refractivity contribution in [3.63, 3.8) is 0 Å². The molecule has 0 bridgehead atoms. The Bertz CT molecular complexity index is 621. The first-order valence-corrected chi connectivity index (χ1v) is 5.88. The van der Waals surface area contributed by atoms with E-state index >= 15 is 0 Å². The number of hydrogen-bond donors (Lipinski definition) is 1. The predicted molar refractivity (Wildman–Crippen MR) is 68.1 cm³/mol. The lowest BCUT2D eigenvalue weighted by molar-refractivity contribution is -0.115. The van der Waals surface area contributed by atoms with Crippen LogP contribution in [-0.2, 0) is 18.3 Å². The van der Waals surface area contributed by atoms with Crippen LogP contribution < -0.4 is 14.8 Å². The second-order valence-corrected chi connectivity index (χ2v) is 4.27. The van der Waals surface area contributed by atoms with Crippen molar-refractivity contribution in [1.29, 1.82) is 0 Å². The molecule has 98 valence electrons. The highest BCUT2D eigenvalue weighted by Crippen LogP contribution is 2.32. The molecule has 1 aromatic heterocycles. The van der Waals surface area contributed by atoms with E-state index < -0.39 is 0 Å². The zero-order valence-corrected chi connectivity index (χ0v) is 10.4. The minimum absolute atomic E-state index is 0.117. The number of amides is 1. The van der Waals surface area contributed by atoms with E-state index in [2.05, 4.69) is 10.3 Å². The van der Waals surface area contributed by atoms with Gasteiger partial charge in [-0.3, -0.25) is 10.1 Å². The molecule has 1 N–H and O–H groups in total. The molecular weight excluding hydrogens is 246 g/mol. The molecule has 1 aromatic carbocycles. The van der Waals surface area contributed by atoms with E-state index in [1.54, 1.807) is 17.0 Å². The van der Waals surface area contributed by atoms with Crippen molar-refractivity contribution >= 4 is 11.9 Å². The quantitative estimate of drug-likeness (QED) is 0.903. The highest BCUT2D eigenvalue weighted by atomic mass is 16.7. The number of anilines is 1. The molecule has 2 aromatic rings. The second kappa shape index (κ2) is 4.64. The molecule has 19 heavy (non-hydrogen) atoms. The van der Waals surface area contributed by atoms with E-state index in [1.165, 1.54) is 0 Å². The summed E-state index contributed by atoms with van der Waals surface area (Å²) in [6.45, 7) is 0.234. The largest absolute Gasteiger partial charge is 0.454 e. The normalized spacial score (nSPS) is 12.5. The molecule has 3 rings (SSSR count). The van der Waals surface area contributed by atoms with E-state index in [1.807, 2.05) is 25.2 Å². The van der Waals surface area contributed by atoms with E-state index in [0.717, 1.165) is 5.56 Å². The zero-order chi connectivity index (χ0) is 13.2. The van der Waals surface area contributed by atoms with Gasteiger partial charge in [0.2, 0.25) is 18.6 Å². The Morgan fingerprint density at radius 2 is 2.26 bits per heavy atom. The van der Waals surface area contributed by atoms with Crippen molar-refractivity contribution in [3.8, 4) is 11.5 Å². The lowest BCUT2D eigenvalue weighted by Gasteiger charge is -2.05. The fourth-order valence-corrected chi connectivity index (χ4v) is 1.89. The molecule has 0 saturated carbocycles. The minimum atomic E-state index is -0.117. The van der Waals surface area contributed by atoms with Gasteiger partial charge in [0.05, 0.1) is 6.42 Å². The molecule has 0 spiro atoms. The van der Waals surface area contributed by atoms with Gasteiger partial charge in [0.15, 0.2) is 11.5 Å². The third-order valence-corrected chi connectivity index (χ3v) is 2.87. The van der Waals surface area contributed by atoms with Crippen LogP contribution in [-0.4, -0.2) is 22.3 Å². The monoisotopic (exact) mass is 259 g/mol. The lowest BCUT2D eigenvalue weighted by atomic mass is 10.1. The predicted octanol–water partition coefficient (Wildman–Crippen LogP) is 1.33. The van der Waals surface area contributed by atoms with Gasteiger partial charge < -0.3 is 14.0 Å². The van der Waals surface area contributed by atoms with Crippen molar-refractivity contribution in [2.24, 2.45) is 7.05 Å². The summed E-state index contributed by atoms with van der Waals surface area (Å²) < 4.78 is 12.2. The number of aromatic nitrogens is 2. The first-order valence-electron chi connectivity index (χ1n) is 5.88. The van der Waals surface area contributed by atoms with Gasteiger partial charge in [-0.05, 0) is 17.7 Å². The van der Waals surface area contributed by atoms with Gasteiger partial charge in [0.25, 0.3) is 0 Å². The summed E-state index contributed by atoms with van der Waals surface area (Å²) in [6.07, 6.45) is 3.68. The topological polar surface area (TPSA) is 65.4 Å². The number of aryl methyl sites for hydroxylation is 1. The zero-order valence-electron chi connectivity index (χ0n) is 10.4. The van der Waals surface area contributed by atoms with Gasteiger partial charge in [-0.2, -0.15) is 0 Å². The smallest absolute Gasteiger partial charge is 0.231 e. The third-order valence-electron chi connectivity index (χ3n) is 2.87. The van der Waals surface area contributed by atoms with E-state index in [-0.39, 0.29) is 19.1 Å². The average Bonchev–Trinajstić information content (AvgIpc) is 2.98. The maximum absolute atomic E-state index is 11.9. The molecule has 0 saturated heterocycles. The fraction of sp³-hybridized carbons (Fsp3) is 0.231. The standard InChI is InChI=1S/C13H13N3O3/c1-16-5-4-14-13(16)15-12(17)7-9-2-3-10-11(6-9)19-8-18-10/h2-6H,7-8H2,1H3,(H,14,15,17). The number of ether oxygens (including phenoxy) is 2. The molecule has 1 amide bonds. The number of hydrogen-bond acceptors (Lipinski definition) is 4. The molecule has 1 aliphatic heterocycles. The van der Waals surface area contributed by atoms with Gasteiger partial charge in [-0.1, -0.05) is 6.07 Å². The highest BCUT2D eigenvalue weighted by Gasteiger charge is 2.14. The van der Waals surface area contributed by atoms with Crippen LogP contribution in [0.5, 0.6) is 11.5 Å². The van der Waals surface area contributed by atoms with Gasteiger partial charge in [-0.25, -0.2) is 4.98 Å². The van der Waals surface area contributed by atoms with Crippen LogP contribution in [0.25, 0.3) is 0 Å². The van der Waals surface area contributed by atoms with E-state index in [9.17, 15) is 4.79 Å². The number of carbonyl (C=O) groups is 1. The third kappa shape index (κ3) is 2.37. The number of benzene rings is 1. The van der Waals surface area contributed by atoms with Crippen molar-refractivity contribution in [2.45, 2.75) is 6.42 Å². The molecule has 6 nitrogen and oxygen atoms in total. The molecule has 6 heteroatoms. The Balaban J connectivity index is 1.68. The Morgan fingerprint density at radius 3 is 3.05 bits per heavy atom. The number of imidazole rings is 1. The summed E-state index contributed by atoms with van der Waals surface area (Å²) in [5.74, 6) is 1.81. The Labute approximate surface area is 110 Å². The van der Waals surface area contributed by atoms with Crippen LogP contribution in [0.4, 0.5) is 5.95 Å². The number of carbonyl (C=O) groups excluding carboxylic acids is 1. The Kier molecular flexibility index (Phi) is 2.83. The average molecular weight is 259 g/mol. The number of rotatable bonds is 3. The molecule has 0 unspecified atom stereocenters. The maximum atomic E-state index is 11.9. The van der Waals surface area contributed by atoms with Gasteiger partial charge in [0, 0.05) is 19.4 Å². The van der Waals surface area contributed by atoms with Crippen molar-refractivity contribution in [3.05, 3.63) is 36.2 Å². The SMILES string of the molecule is Cn1ccnc1NC(=O)Cc1ccc2c(c1)OCO2. The lowest BCUT2D eigenvalue weighted by Crippen LogP contribution is -2.17. The van der Waals surface area contributed by atoms with Crippen LogP contribution in [0.2, 0.25) is 0 Å². The fourth-order valence-electron chi connectivity index (χ4n) is 1.89. The molecule has 0 aliphatic carbocycles. The Hall–Kier alpha value is -2.50. The van der Waals surface area contributed by atoms with Gasteiger partial charge >= 0.3 is 0 Å². The van der Waals surface area contributed by atoms with Crippen LogP contribution in [0.15, 0.2) is 30.6 Å². The summed E-state index contributed by atoms with van der Waals surface area (Å²) in [5.41, 5.74) is 0.871. The summed E-state index contributed by atoms with van der Waals surface area (Å²) in [6, 6.07) is 5.48. The van der Waals surface area contributed by atoms with Crippen LogP contribution in [0, 0.1) is 0 Å². The van der Waals surface area contributed by atoms with E-state index in [4.69, 9.17) is 9.47 Å². The minimum Gasteiger partial charge on any atom is -0.454 e. The summed E-state index contributed by atoms with van der Waals surface area (Å²) in [4.78, 5) is 15.9. The Morgan fingerprint density at radius 1 is 1.42 bits per heavy atom. The van der Waals surface area contributed by atoms with Crippen molar-refractivity contribution in [2.75, 3.05) is 12.1 Å². The van der Waals surface area contributed by atoms with Gasteiger partial charge in [-0.15, -0.1) is 0 Å². The van der Waals surface area contributed by atoms with Gasteiger partial charge in [0.1, 0.15) is 0 Å². The van der Waals surface area contributed by atoms with Crippen molar-refractivity contribution < 1.29 is 14.3 Å². The number of fused-ring (bicyclic) bond motifs is 1. The van der Waals surface area contributed by atoms with Crippen LogP contribution >= 0.6 is 0 Å². The molecule has 1 aliphatic rings. The second-order valence-electron chi connectivity index (χ2n) is 4.27. The summed E-state index contributed by atoms with van der Waals surface area (Å²) in [5, 5.41) is 2.75. The first-order chi connectivity index (χ1) is 9.22.